The molecule has 3 heterocycles. The molecule has 5 rings (SSSR count). The second-order valence-electron chi connectivity index (χ2n) is 10.3. The van der Waals surface area contributed by atoms with Gasteiger partial charge >= 0.3 is 0 Å². The van der Waals surface area contributed by atoms with Gasteiger partial charge in [0.05, 0.1) is 46.3 Å². The number of ether oxygens (including phenoxy) is 2. The molecule has 0 bridgehead atoms. The third-order valence-electron chi connectivity index (χ3n) is 6.56. The summed E-state index contributed by atoms with van der Waals surface area (Å²) in [5.41, 5.74) is 1.20. The first-order chi connectivity index (χ1) is 18.6. The van der Waals surface area contributed by atoms with Crippen molar-refractivity contribution in [1.29, 1.82) is 5.26 Å². The Labute approximate surface area is 224 Å². The summed E-state index contributed by atoms with van der Waals surface area (Å²) in [6.07, 6.45) is -0.938. The van der Waals surface area contributed by atoms with Crippen molar-refractivity contribution in [2.75, 3.05) is 26.3 Å². The first kappa shape index (κ1) is 26.3. The number of fused-ring (bicyclic) bond motifs is 2. The van der Waals surface area contributed by atoms with E-state index in [1.165, 1.54) is 11.6 Å². The third-order valence-corrected chi connectivity index (χ3v) is 6.56. The Morgan fingerprint density at radius 3 is 2.79 bits per heavy atom. The van der Waals surface area contributed by atoms with Crippen LogP contribution >= 0.6 is 0 Å². The highest BCUT2D eigenvalue weighted by atomic mass is 19.1. The summed E-state index contributed by atoms with van der Waals surface area (Å²) < 4.78 is 25.7. The van der Waals surface area contributed by atoms with E-state index in [2.05, 4.69) is 21.1 Å². The number of carbonyl (C=O) groups excluding carboxylic acids is 1. The lowest BCUT2D eigenvalue weighted by atomic mass is 10.1. The summed E-state index contributed by atoms with van der Waals surface area (Å²) in [4.78, 5) is 35.9. The van der Waals surface area contributed by atoms with Gasteiger partial charge in [-0.3, -0.25) is 9.59 Å². The lowest BCUT2D eigenvalue weighted by molar-refractivity contribution is -0.146. The largest absolute Gasteiger partial charge is 0.489 e. The lowest BCUT2D eigenvalue weighted by Crippen LogP contribution is -2.51. The van der Waals surface area contributed by atoms with Crippen LogP contribution in [0, 0.1) is 11.3 Å². The van der Waals surface area contributed by atoms with E-state index in [4.69, 9.17) is 9.47 Å². The molecule has 1 atom stereocenters. The number of hydrogen-bond acceptors (Lipinski definition) is 7. The zero-order valence-electron chi connectivity index (χ0n) is 22.0. The predicted octanol–water partition coefficient (Wildman–Crippen LogP) is 3.11. The van der Waals surface area contributed by atoms with Crippen LogP contribution < -0.4 is 10.3 Å². The molecular weight excluding hydrogens is 503 g/mol. The zero-order chi connectivity index (χ0) is 27.7. The van der Waals surface area contributed by atoms with Crippen LogP contribution in [-0.2, 0) is 22.5 Å². The molecule has 10 nitrogen and oxygen atoms in total. The number of rotatable bonds is 7. The molecule has 202 valence electrons. The van der Waals surface area contributed by atoms with Crippen LogP contribution in [0.15, 0.2) is 41.2 Å². The van der Waals surface area contributed by atoms with Crippen molar-refractivity contribution in [3.8, 4) is 11.8 Å². The fourth-order valence-corrected chi connectivity index (χ4v) is 4.74. The molecule has 1 fully saturated rings. The molecule has 1 unspecified atom stereocenters. The van der Waals surface area contributed by atoms with Crippen LogP contribution in [0.4, 0.5) is 4.39 Å². The molecule has 11 heteroatoms. The number of amides is 1. The van der Waals surface area contributed by atoms with Crippen molar-refractivity contribution < 1.29 is 18.7 Å². The molecule has 1 aliphatic heterocycles. The first-order valence-corrected chi connectivity index (χ1v) is 12.7. The number of nitrogens with zero attached hydrogens (tertiary/aromatic N) is 5. The summed E-state index contributed by atoms with van der Waals surface area (Å²) in [6, 6.07) is 12.4. The summed E-state index contributed by atoms with van der Waals surface area (Å²) >= 11 is 0. The molecule has 1 aliphatic rings. The van der Waals surface area contributed by atoms with Gasteiger partial charge in [0.1, 0.15) is 37.0 Å². The number of morpholine rings is 1. The minimum atomic E-state index is -1.18. The molecule has 4 aromatic rings. The van der Waals surface area contributed by atoms with Crippen LogP contribution in [0.1, 0.15) is 37.9 Å². The highest BCUT2D eigenvalue weighted by Crippen LogP contribution is 2.26. The summed E-state index contributed by atoms with van der Waals surface area (Å²) in [6.45, 7) is 6.19. The molecule has 1 N–H and O–H groups in total. The van der Waals surface area contributed by atoms with Crippen molar-refractivity contribution in [1.82, 2.24) is 24.6 Å². The average Bonchev–Trinajstić information content (AvgIpc) is 3.29. The Bertz CT molecular complexity index is 1650. The molecule has 0 saturated carbocycles. The van der Waals surface area contributed by atoms with E-state index in [-0.39, 0.29) is 42.4 Å². The molecule has 0 radical (unpaired) electrons. The van der Waals surface area contributed by atoms with Crippen molar-refractivity contribution in [2.45, 2.75) is 45.5 Å². The van der Waals surface area contributed by atoms with E-state index in [9.17, 15) is 19.2 Å². The molecule has 1 amide bonds. The maximum atomic E-state index is 13.3. The maximum absolute atomic E-state index is 13.3. The molecule has 0 spiro atoms. The number of benzene rings is 2. The van der Waals surface area contributed by atoms with Crippen molar-refractivity contribution in [3.05, 3.63) is 63.8 Å². The van der Waals surface area contributed by atoms with Crippen LogP contribution in [-0.4, -0.2) is 68.6 Å². The highest BCUT2D eigenvalue weighted by molar-refractivity contribution is 5.85. The van der Waals surface area contributed by atoms with Gasteiger partial charge in [0.2, 0.25) is 5.91 Å². The quantitative estimate of drug-likeness (QED) is 0.388. The van der Waals surface area contributed by atoms with Crippen molar-refractivity contribution in [2.24, 2.45) is 0 Å². The van der Waals surface area contributed by atoms with Gasteiger partial charge in [-0.1, -0.05) is 18.2 Å². The Kier molecular flexibility index (Phi) is 7.06. The SMILES string of the molecule is CC(F)COc1cc2nc(Cc3nn(CC(=O)N4CCOC(C)(C)C4)c(=O)c4ccccc34)[nH]c2cc1C#N. The monoisotopic (exact) mass is 532 g/mol. The van der Waals surface area contributed by atoms with Gasteiger partial charge in [-0.15, -0.1) is 0 Å². The number of H-pyrrole nitrogens is 1. The number of imidazole rings is 1. The van der Waals surface area contributed by atoms with Gasteiger partial charge in [-0.2, -0.15) is 10.4 Å². The number of hydrogen-bond donors (Lipinski definition) is 1. The number of aromatic amines is 1. The fraction of sp³-hybridized carbons (Fsp3) is 0.393. The Balaban J connectivity index is 1.47. The molecule has 2 aromatic carbocycles. The molecule has 1 saturated heterocycles. The van der Waals surface area contributed by atoms with E-state index in [0.29, 0.717) is 53.0 Å². The number of nitriles is 1. The second kappa shape index (κ2) is 10.5. The molecular formula is C28H29FN6O4. The minimum Gasteiger partial charge on any atom is -0.489 e. The smallest absolute Gasteiger partial charge is 0.275 e. The summed E-state index contributed by atoms with van der Waals surface area (Å²) in [5.74, 6) is 0.605. The van der Waals surface area contributed by atoms with E-state index < -0.39 is 11.8 Å². The Morgan fingerprint density at radius 1 is 1.31 bits per heavy atom. The number of carbonyl (C=O) groups is 1. The lowest BCUT2D eigenvalue weighted by Gasteiger charge is -2.38. The van der Waals surface area contributed by atoms with E-state index in [1.807, 2.05) is 26.0 Å². The maximum Gasteiger partial charge on any atom is 0.275 e. The molecule has 2 aromatic heterocycles. The van der Waals surface area contributed by atoms with Gasteiger partial charge in [0, 0.05) is 24.5 Å². The second-order valence-corrected chi connectivity index (χ2v) is 10.3. The van der Waals surface area contributed by atoms with Crippen molar-refractivity contribution in [3.63, 3.8) is 0 Å². The zero-order valence-corrected chi connectivity index (χ0v) is 22.0. The molecule has 0 aliphatic carbocycles. The fourth-order valence-electron chi connectivity index (χ4n) is 4.74. The van der Waals surface area contributed by atoms with E-state index in [1.54, 1.807) is 29.2 Å². The van der Waals surface area contributed by atoms with Crippen molar-refractivity contribution >= 4 is 27.7 Å². The van der Waals surface area contributed by atoms with Crippen LogP contribution in [0.3, 0.4) is 0 Å². The Morgan fingerprint density at radius 2 is 2.08 bits per heavy atom. The topological polar surface area (TPSA) is 126 Å². The third kappa shape index (κ3) is 5.61. The summed E-state index contributed by atoms with van der Waals surface area (Å²) in [7, 11) is 0. The number of aromatic nitrogens is 4. The minimum absolute atomic E-state index is 0.171. The van der Waals surface area contributed by atoms with E-state index in [0.717, 1.165) is 0 Å². The van der Waals surface area contributed by atoms with Gasteiger partial charge in [-0.05, 0) is 32.9 Å². The van der Waals surface area contributed by atoms with Gasteiger partial charge < -0.3 is 19.4 Å². The van der Waals surface area contributed by atoms with Gasteiger partial charge in [0.15, 0.2) is 0 Å². The van der Waals surface area contributed by atoms with Crippen LogP contribution in [0.2, 0.25) is 0 Å². The van der Waals surface area contributed by atoms with E-state index >= 15 is 0 Å². The number of nitrogens with one attached hydrogen (secondary N) is 1. The predicted molar refractivity (Wildman–Crippen MR) is 142 cm³/mol. The van der Waals surface area contributed by atoms with Gasteiger partial charge in [0.25, 0.3) is 5.56 Å². The summed E-state index contributed by atoms with van der Waals surface area (Å²) in [5, 5.41) is 15.2. The molecule has 39 heavy (non-hydrogen) atoms. The average molecular weight is 533 g/mol. The van der Waals surface area contributed by atoms with Gasteiger partial charge in [-0.25, -0.2) is 14.1 Å². The Hall–Kier alpha value is -4.30. The van der Waals surface area contributed by atoms with Crippen LogP contribution in [0.25, 0.3) is 21.8 Å². The number of alkyl halides is 1. The highest BCUT2D eigenvalue weighted by Gasteiger charge is 2.30. The van der Waals surface area contributed by atoms with Crippen LogP contribution in [0.5, 0.6) is 5.75 Å². The first-order valence-electron chi connectivity index (χ1n) is 12.7. The standard InChI is InChI=1S/C28H29FN6O4/c1-17(29)15-38-24-11-23-22(10-18(24)13-30)31-25(32-23)12-21-19-6-4-5-7-20(19)27(37)35(33-21)14-26(36)34-8-9-39-28(2,3)16-34/h4-7,10-11,17H,8-9,12,14-16H2,1-3H3,(H,31,32). The number of halogens is 1. The normalized spacial score (nSPS) is 15.8.